The fourth-order valence-corrected chi connectivity index (χ4v) is 12.0. The minimum atomic E-state index is -3.05. The zero-order chi connectivity index (χ0) is 22.2. The first kappa shape index (κ1) is 24.1. The Hall–Kier alpha value is -2.01. The first-order valence-corrected chi connectivity index (χ1v) is 14.8. The Kier molecular flexibility index (Phi) is 7.09. The third kappa shape index (κ3) is 4.29. The molecule has 5 rings (SSSR count). The maximum Gasteiger partial charge on any atom is 0.264 e. The Morgan fingerprint density at radius 2 is 1.18 bits per heavy atom. The van der Waals surface area contributed by atoms with Crippen LogP contribution in [0.25, 0.3) is 0 Å². The monoisotopic (exact) mass is 543 g/mol. The molecule has 0 bridgehead atoms. The van der Waals surface area contributed by atoms with Gasteiger partial charge in [0.15, 0.2) is 15.5 Å². The number of sulfone groups is 1. The molecule has 0 aliphatic carbocycles. The standard InChI is InChI=1S/C26H27NO3PS.BrH/c28-26-25(16-18-27(26)21-17-19-32(29,30)20-21)31(22-10-4-1-5-11-22,23-12-6-2-7-13-23)24-14-8-3-9-15-24;/h1-15,21,25H,16-20H2;1H/q+1;/p-1/t21-,25-;/m1./s1. The molecule has 3 aromatic rings. The van der Waals surface area contributed by atoms with Crippen LogP contribution >= 0.6 is 7.26 Å². The first-order valence-electron chi connectivity index (χ1n) is 11.1. The van der Waals surface area contributed by atoms with Crippen molar-refractivity contribution in [3.05, 3.63) is 91.0 Å². The third-order valence-electron chi connectivity index (χ3n) is 6.82. The smallest absolute Gasteiger partial charge is 0.264 e. The number of benzene rings is 3. The number of amides is 1. The highest BCUT2D eigenvalue weighted by molar-refractivity contribution is 7.97. The zero-order valence-corrected chi connectivity index (χ0v) is 21.6. The molecule has 1 amide bonds. The Morgan fingerprint density at radius 1 is 0.727 bits per heavy atom. The molecule has 2 aliphatic heterocycles. The van der Waals surface area contributed by atoms with E-state index in [-0.39, 0.29) is 46.1 Å². The molecule has 2 saturated heterocycles. The largest absolute Gasteiger partial charge is 1.00 e. The summed E-state index contributed by atoms with van der Waals surface area (Å²) in [6.07, 6.45) is 1.29. The van der Waals surface area contributed by atoms with Gasteiger partial charge >= 0.3 is 0 Å². The number of halogens is 1. The quantitative estimate of drug-likeness (QED) is 0.418. The normalized spacial score (nSPS) is 22.2. The predicted molar refractivity (Wildman–Crippen MR) is 132 cm³/mol. The second kappa shape index (κ2) is 9.69. The van der Waals surface area contributed by atoms with Crippen LogP contribution in [0.4, 0.5) is 0 Å². The van der Waals surface area contributed by atoms with Crippen LogP contribution in [-0.2, 0) is 14.6 Å². The molecule has 2 atom stereocenters. The lowest BCUT2D eigenvalue weighted by atomic mass is 10.2. The van der Waals surface area contributed by atoms with Crippen molar-refractivity contribution in [2.24, 2.45) is 0 Å². The minimum absolute atomic E-state index is 0. The maximum atomic E-state index is 14.0. The number of likely N-dealkylation sites (tertiary alicyclic amines) is 1. The van der Waals surface area contributed by atoms with Crippen molar-refractivity contribution in [3.8, 4) is 0 Å². The third-order valence-corrected chi connectivity index (χ3v) is 13.3. The van der Waals surface area contributed by atoms with Crippen LogP contribution < -0.4 is 32.9 Å². The van der Waals surface area contributed by atoms with E-state index in [1.165, 1.54) is 15.9 Å². The van der Waals surface area contributed by atoms with Gasteiger partial charge in [-0.25, -0.2) is 8.42 Å². The lowest BCUT2D eigenvalue weighted by Gasteiger charge is -2.32. The van der Waals surface area contributed by atoms with Gasteiger partial charge in [0.2, 0.25) is 0 Å². The molecule has 3 aromatic carbocycles. The molecule has 7 heteroatoms. The molecular formula is C26H27BrNO3PS. The van der Waals surface area contributed by atoms with Gasteiger partial charge in [0.05, 0.1) is 11.5 Å². The van der Waals surface area contributed by atoms with Crippen LogP contribution in [0.15, 0.2) is 91.0 Å². The van der Waals surface area contributed by atoms with Crippen molar-refractivity contribution >= 4 is 38.9 Å². The highest BCUT2D eigenvalue weighted by Gasteiger charge is 2.59. The molecule has 0 spiro atoms. The number of rotatable bonds is 5. The van der Waals surface area contributed by atoms with E-state index in [1.807, 2.05) is 23.1 Å². The minimum Gasteiger partial charge on any atom is -1.00 e. The molecule has 172 valence electrons. The number of nitrogens with zero attached hydrogens (tertiary/aromatic N) is 1. The molecule has 2 heterocycles. The number of carbonyl (C=O) groups is 1. The predicted octanol–water partition coefficient (Wildman–Crippen LogP) is -0.227. The van der Waals surface area contributed by atoms with Crippen LogP contribution in [0.3, 0.4) is 0 Å². The van der Waals surface area contributed by atoms with Gasteiger partial charge in [-0.1, -0.05) is 54.6 Å². The summed E-state index contributed by atoms with van der Waals surface area (Å²) in [4.78, 5) is 15.9. The topological polar surface area (TPSA) is 54.5 Å². The van der Waals surface area contributed by atoms with Gasteiger partial charge < -0.3 is 21.9 Å². The molecular weight excluding hydrogens is 517 g/mol. The molecule has 33 heavy (non-hydrogen) atoms. The average molecular weight is 544 g/mol. The second-order valence-electron chi connectivity index (χ2n) is 8.62. The van der Waals surface area contributed by atoms with Crippen molar-refractivity contribution in [2.75, 3.05) is 18.1 Å². The molecule has 0 radical (unpaired) electrons. The van der Waals surface area contributed by atoms with Gasteiger partial charge in [-0.05, 0) is 42.8 Å². The summed E-state index contributed by atoms with van der Waals surface area (Å²) < 4.78 is 24.2. The van der Waals surface area contributed by atoms with Crippen molar-refractivity contribution in [1.29, 1.82) is 0 Å². The van der Waals surface area contributed by atoms with Crippen molar-refractivity contribution in [1.82, 2.24) is 4.90 Å². The SMILES string of the molecule is O=C1[C@H]([P+](c2ccccc2)(c2ccccc2)c2ccccc2)CCN1[C@@H]1CCS(=O)(=O)C1.[Br-]. The van der Waals surface area contributed by atoms with Crippen LogP contribution in [0.2, 0.25) is 0 Å². The first-order chi connectivity index (χ1) is 15.5. The van der Waals surface area contributed by atoms with Gasteiger partial charge in [0.25, 0.3) is 5.91 Å². The van der Waals surface area contributed by atoms with Crippen LogP contribution in [0.1, 0.15) is 12.8 Å². The second-order valence-corrected chi connectivity index (χ2v) is 14.5. The molecule has 0 saturated carbocycles. The van der Waals surface area contributed by atoms with E-state index in [9.17, 15) is 13.2 Å². The van der Waals surface area contributed by atoms with E-state index in [1.54, 1.807) is 0 Å². The van der Waals surface area contributed by atoms with Crippen molar-refractivity contribution in [3.63, 3.8) is 0 Å². The van der Waals surface area contributed by atoms with E-state index >= 15 is 0 Å². The molecule has 4 nitrogen and oxygen atoms in total. The van der Waals surface area contributed by atoms with Crippen LogP contribution in [0.5, 0.6) is 0 Å². The molecule has 0 unspecified atom stereocenters. The van der Waals surface area contributed by atoms with Gasteiger partial charge in [-0.15, -0.1) is 0 Å². The van der Waals surface area contributed by atoms with E-state index in [4.69, 9.17) is 0 Å². The van der Waals surface area contributed by atoms with Gasteiger partial charge in [0, 0.05) is 19.0 Å². The molecule has 2 aliphatic rings. The highest BCUT2D eigenvalue weighted by Crippen LogP contribution is 2.62. The van der Waals surface area contributed by atoms with Gasteiger partial charge in [0.1, 0.15) is 23.2 Å². The fourth-order valence-electron chi connectivity index (χ4n) is 5.41. The van der Waals surface area contributed by atoms with Crippen molar-refractivity contribution in [2.45, 2.75) is 24.5 Å². The van der Waals surface area contributed by atoms with Gasteiger partial charge in [-0.2, -0.15) is 0 Å². The lowest BCUT2D eigenvalue weighted by Crippen LogP contribution is -3.00. The van der Waals surface area contributed by atoms with Crippen LogP contribution in [-0.4, -0.2) is 49.0 Å². The van der Waals surface area contributed by atoms with E-state index in [0.29, 0.717) is 13.0 Å². The fraction of sp³-hybridized carbons (Fsp3) is 0.269. The highest BCUT2D eigenvalue weighted by atomic mass is 79.9. The Morgan fingerprint density at radius 3 is 1.58 bits per heavy atom. The summed E-state index contributed by atoms with van der Waals surface area (Å²) in [5.74, 6) is 0.387. The maximum absolute atomic E-state index is 14.0. The van der Waals surface area contributed by atoms with Gasteiger partial charge in [-0.3, -0.25) is 4.79 Å². The summed E-state index contributed by atoms with van der Waals surface area (Å²) in [7, 11) is -5.36. The van der Waals surface area contributed by atoms with E-state index < -0.39 is 17.1 Å². The number of carbonyl (C=O) groups excluding carboxylic acids is 1. The summed E-state index contributed by atoms with van der Waals surface area (Å²) in [5, 5.41) is 3.57. The molecule has 0 aromatic heterocycles. The number of hydrogen-bond donors (Lipinski definition) is 0. The van der Waals surface area contributed by atoms with E-state index in [2.05, 4.69) is 72.8 Å². The molecule has 2 fully saturated rings. The number of hydrogen-bond acceptors (Lipinski definition) is 3. The summed E-state index contributed by atoms with van der Waals surface area (Å²) in [6.45, 7) is 0.623. The summed E-state index contributed by atoms with van der Waals surface area (Å²) in [5.41, 5.74) is -0.196. The van der Waals surface area contributed by atoms with Crippen molar-refractivity contribution < 1.29 is 30.2 Å². The summed E-state index contributed by atoms with van der Waals surface area (Å²) >= 11 is 0. The lowest BCUT2D eigenvalue weighted by molar-refractivity contribution is -0.128. The Balaban J connectivity index is 0.00000259. The summed E-state index contributed by atoms with van der Waals surface area (Å²) in [6, 6.07) is 31.1. The van der Waals surface area contributed by atoms with E-state index in [0.717, 1.165) is 6.42 Å². The zero-order valence-electron chi connectivity index (χ0n) is 18.3. The van der Waals surface area contributed by atoms with Crippen LogP contribution in [0, 0.1) is 0 Å². The average Bonchev–Trinajstić information content (AvgIpc) is 3.38. The Labute approximate surface area is 207 Å². The Bertz CT molecular complexity index is 1110. The molecule has 0 N–H and O–H groups in total.